The molecular weight excluding hydrogens is 438 g/mol. The number of aliphatic carboxylic acids is 1. The van der Waals surface area contributed by atoms with Crippen molar-refractivity contribution in [3.8, 4) is 5.00 Å². The summed E-state index contributed by atoms with van der Waals surface area (Å²) < 4.78 is 1.95. The smallest absolute Gasteiger partial charge is 0.309 e. The molecule has 9 heteroatoms. The molecule has 0 fully saturated rings. The van der Waals surface area contributed by atoms with Gasteiger partial charge in [-0.2, -0.15) is 0 Å². The Bertz CT molecular complexity index is 1290. The third kappa shape index (κ3) is 3.89. The van der Waals surface area contributed by atoms with Crippen molar-refractivity contribution in [1.82, 2.24) is 14.8 Å². The molecule has 0 spiro atoms. The molecule has 1 aliphatic heterocycles. The van der Waals surface area contributed by atoms with Gasteiger partial charge in [0.1, 0.15) is 16.9 Å². The summed E-state index contributed by atoms with van der Waals surface area (Å²) in [6, 6.07) is 6.67. The van der Waals surface area contributed by atoms with E-state index in [9.17, 15) is 14.7 Å². The molecule has 0 saturated carbocycles. The number of hydrogen-bond acceptors (Lipinski definition) is 6. The van der Waals surface area contributed by atoms with E-state index in [2.05, 4.69) is 29.0 Å². The molecule has 3 heterocycles. The van der Waals surface area contributed by atoms with Crippen LogP contribution in [0, 0.1) is 26.7 Å². The Morgan fingerprint density at radius 2 is 1.94 bits per heavy atom. The molecule has 8 nitrogen and oxygen atoms in total. The van der Waals surface area contributed by atoms with Gasteiger partial charge in [-0.05, 0) is 51.0 Å². The molecule has 33 heavy (non-hydrogen) atoms. The third-order valence-corrected chi connectivity index (χ3v) is 7.13. The van der Waals surface area contributed by atoms with Gasteiger partial charge in [0, 0.05) is 21.7 Å². The van der Waals surface area contributed by atoms with Crippen LogP contribution >= 0.6 is 11.3 Å². The fourth-order valence-electron chi connectivity index (χ4n) is 4.05. The van der Waals surface area contributed by atoms with E-state index in [-0.39, 0.29) is 5.91 Å². The van der Waals surface area contributed by atoms with Gasteiger partial charge in [-0.3, -0.25) is 19.1 Å². The van der Waals surface area contributed by atoms with Crippen LogP contribution in [0.1, 0.15) is 52.6 Å². The normalized spacial score (nSPS) is 15.6. The molecule has 0 saturated heterocycles. The van der Waals surface area contributed by atoms with Crippen LogP contribution in [0.2, 0.25) is 0 Å². The summed E-state index contributed by atoms with van der Waals surface area (Å²) in [5, 5.41) is 22.2. The van der Waals surface area contributed by atoms with Gasteiger partial charge in [-0.15, -0.1) is 21.5 Å². The molecular formula is C24H25N5O3S. The first-order valence-electron chi connectivity index (χ1n) is 10.6. The molecule has 2 N–H and O–H groups in total. The molecule has 1 aromatic carbocycles. The molecule has 1 amide bonds. The highest BCUT2D eigenvalue weighted by Crippen LogP contribution is 2.41. The van der Waals surface area contributed by atoms with E-state index >= 15 is 0 Å². The molecule has 4 rings (SSSR count). The van der Waals surface area contributed by atoms with Gasteiger partial charge in [-0.25, -0.2) is 0 Å². The molecule has 0 unspecified atom stereocenters. The Morgan fingerprint density at radius 1 is 1.24 bits per heavy atom. The van der Waals surface area contributed by atoms with Crippen LogP contribution in [0.25, 0.3) is 5.00 Å². The number of hydrogen-bond donors (Lipinski definition) is 2. The maximum atomic E-state index is 12.1. The summed E-state index contributed by atoms with van der Waals surface area (Å²) in [6.07, 6.45) is 1.62. The first-order valence-corrected chi connectivity index (χ1v) is 11.5. The molecule has 2 atom stereocenters. The van der Waals surface area contributed by atoms with Crippen LogP contribution < -0.4 is 5.32 Å². The largest absolute Gasteiger partial charge is 0.481 e. The van der Waals surface area contributed by atoms with Gasteiger partial charge in [0.15, 0.2) is 5.82 Å². The van der Waals surface area contributed by atoms with Gasteiger partial charge >= 0.3 is 5.97 Å². The molecule has 0 radical (unpaired) electrons. The first kappa shape index (κ1) is 22.6. The number of aromatic nitrogens is 3. The quantitative estimate of drug-likeness (QED) is 0.527. The van der Waals surface area contributed by atoms with Crippen molar-refractivity contribution in [2.45, 2.75) is 40.2 Å². The number of aliphatic imine (C=N–C) groups is 1. The number of thiophene rings is 1. The SMILES string of the molecule is C=CC(=O)Nc1ccc(C2=N[C@@H]([C@@H](CC)C(=O)O)c3nnc(C)n3-c3sc(C)c(C)c32)cc1. The first-order chi connectivity index (χ1) is 15.8. The van der Waals surface area contributed by atoms with E-state index in [0.29, 0.717) is 29.5 Å². The second kappa shape index (κ2) is 8.74. The zero-order valence-corrected chi connectivity index (χ0v) is 19.7. The van der Waals surface area contributed by atoms with Gasteiger partial charge < -0.3 is 10.4 Å². The number of nitrogens with zero attached hydrogens (tertiary/aromatic N) is 4. The lowest BCUT2D eigenvalue weighted by Gasteiger charge is -2.18. The lowest BCUT2D eigenvalue weighted by molar-refractivity contribution is -0.142. The number of nitrogens with one attached hydrogen (secondary N) is 1. The fourth-order valence-corrected chi connectivity index (χ4v) is 5.27. The maximum Gasteiger partial charge on any atom is 0.309 e. The van der Waals surface area contributed by atoms with Crippen molar-refractivity contribution in [3.05, 3.63) is 70.1 Å². The van der Waals surface area contributed by atoms with E-state index in [1.54, 1.807) is 23.5 Å². The Hall–Kier alpha value is -3.59. The van der Waals surface area contributed by atoms with Crippen LogP contribution in [-0.4, -0.2) is 37.5 Å². The van der Waals surface area contributed by atoms with Crippen molar-refractivity contribution >= 4 is 34.6 Å². The van der Waals surface area contributed by atoms with E-state index in [1.165, 1.54) is 6.08 Å². The predicted octanol–water partition coefficient (Wildman–Crippen LogP) is 4.38. The van der Waals surface area contributed by atoms with E-state index < -0.39 is 17.9 Å². The fraction of sp³-hybridized carbons (Fsp3) is 0.292. The van der Waals surface area contributed by atoms with Crippen molar-refractivity contribution < 1.29 is 14.7 Å². The van der Waals surface area contributed by atoms with Crippen molar-refractivity contribution in [1.29, 1.82) is 0 Å². The summed E-state index contributed by atoms with van der Waals surface area (Å²) in [5.74, 6) is -0.727. The van der Waals surface area contributed by atoms with Crippen LogP contribution in [0.4, 0.5) is 5.69 Å². The van der Waals surface area contributed by atoms with E-state index in [1.807, 2.05) is 37.5 Å². The Labute approximate surface area is 195 Å². The van der Waals surface area contributed by atoms with E-state index in [0.717, 1.165) is 26.6 Å². The second-order valence-corrected chi connectivity index (χ2v) is 9.15. The monoisotopic (exact) mass is 463 g/mol. The number of rotatable bonds is 6. The summed E-state index contributed by atoms with van der Waals surface area (Å²) in [5.41, 5.74) is 4.21. The van der Waals surface area contributed by atoms with Gasteiger partial charge in [0.2, 0.25) is 5.91 Å². The number of anilines is 1. The van der Waals surface area contributed by atoms with Crippen LogP contribution in [-0.2, 0) is 9.59 Å². The van der Waals surface area contributed by atoms with Crippen LogP contribution in [0.5, 0.6) is 0 Å². The van der Waals surface area contributed by atoms with Crippen LogP contribution in [0.15, 0.2) is 41.9 Å². The Balaban J connectivity index is 1.95. The summed E-state index contributed by atoms with van der Waals surface area (Å²) in [6.45, 7) is 11.3. The standard InChI is InChI=1S/C24H25N5O3S/c1-6-17(24(31)32)21-22-28-27-14(5)29(22)23-19(12(3)13(4)33-23)20(26-21)15-8-10-16(11-9-15)25-18(30)7-2/h7-11,17,21H,2,6H2,1,3-5H3,(H,25,30)(H,31,32)/t17-,21+/m1/s1. The molecule has 170 valence electrons. The number of fused-ring (bicyclic) bond motifs is 3. The molecule has 0 bridgehead atoms. The zero-order chi connectivity index (χ0) is 23.9. The summed E-state index contributed by atoms with van der Waals surface area (Å²) >= 11 is 1.62. The van der Waals surface area contributed by atoms with Gasteiger partial charge in [-0.1, -0.05) is 25.6 Å². The second-order valence-electron chi connectivity index (χ2n) is 7.95. The van der Waals surface area contributed by atoms with Crippen LogP contribution in [0.3, 0.4) is 0 Å². The molecule has 2 aromatic heterocycles. The van der Waals surface area contributed by atoms with Gasteiger partial charge in [0.25, 0.3) is 0 Å². The lowest BCUT2D eigenvalue weighted by Crippen LogP contribution is -2.23. The minimum absolute atomic E-state index is 0.290. The highest BCUT2D eigenvalue weighted by molar-refractivity contribution is 7.15. The molecule has 3 aromatic rings. The predicted molar refractivity (Wildman–Crippen MR) is 129 cm³/mol. The average molecular weight is 464 g/mol. The average Bonchev–Trinajstić information content (AvgIpc) is 3.26. The number of carbonyl (C=O) groups is 2. The summed E-state index contributed by atoms with van der Waals surface area (Å²) in [7, 11) is 0. The van der Waals surface area contributed by atoms with Crippen molar-refractivity contribution in [2.75, 3.05) is 5.32 Å². The minimum Gasteiger partial charge on any atom is -0.481 e. The number of carboxylic acids is 1. The minimum atomic E-state index is -0.918. The maximum absolute atomic E-state index is 12.1. The lowest BCUT2D eigenvalue weighted by atomic mass is 9.95. The zero-order valence-electron chi connectivity index (χ0n) is 18.9. The van der Waals surface area contributed by atoms with Crippen molar-refractivity contribution in [3.63, 3.8) is 0 Å². The topological polar surface area (TPSA) is 109 Å². The highest BCUT2D eigenvalue weighted by atomic mass is 32.1. The van der Waals surface area contributed by atoms with Crippen molar-refractivity contribution in [2.24, 2.45) is 10.9 Å². The Kier molecular flexibility index (Phi) is 5.99. The number of carbonyl (C=O) groups excluding carboxylic acids is 1. The van der Waals surface area contributed by atoms with E-state index in [4.69, 9.17) is 4.99 Å². The summed E-state index contributed by atoms with van der Waals surface area (Å²) in [4.78, 5) is 30.0. The Morgan fingerprint density at radius 3 is 2.55 bits per heavy atom. The highest BCUT2D eigenvalue weighted by Gasteiger charge is 2.37. The molecule has 1 aliphatic rings. The number of benzene rings is 1. The van der Waals surface area contributed by atoms with Gasteiger partial charge in [0.05, 0.1) is 11.6 Å². The third-order valence-electron chi connectivity index (χ3n) is 5.94. The number of carboxylic acid groups (broad SMARTS) is 1. The number of aryl methyl sites for hydroxylation is 2. The molecule has 0 aliphatic carbocycles. The number of amides is 1.